The number of halogens is 1. The van der Waals surface area contributed by atoms with Crippen molar-refractivity contribution >= 4 is 37.5 Å². The predicted molar refractivity (Wildman–Crippen MR) is 105 cm³/mol. The van der Waals surface area contributed by atoms with Crippen LogP contribution in [0.3, 0.4) is 0 Å². The summed E-state index contributed by atoms with van der Waals surface area (Å²) in [6, 6.07) is 11.7. The molecule has 6 nitrogen and oxygen atoms in total. The lowest BCUT2D eigenvalue weighted by molar-refractivity contribution is -0.116. The fourth-order valence-corrected chi connectivity index (χ4v) is 3.60. The number of amides is 1. The maximum absolute atomic E-state index is 12.3. The molecule has 2 aromatic carbocycles. The van der Waals surface area contributed by atoms with E-state index in [1.807, 2.05) is 26.0 Å². The minimum absolute atomic E-state index is 0.00836. The Labute approximate surface area is 162 Å². The van der Waals surface area contributed by atoms with E-state index in [1.165, 1.54) is 12.1 Å². The summed E-state index contributed by atoms with van der Waals surface area (Å²) in [5.74, 6) is 0.343. The number of rotatable bonds is 8. The molecule has 1 amide bonds. The van der Waals surface area contributed by atoms with E-state index in [1.54, 1.807) is 18.2 Å². The highest BCUT2D eigenvalue weighted by molar-refractivity contribution is 9.10. The molecular formula is C18H21BrN2O4S. The van der Waals surface area contributed by atoms with Gasteiger partial charge in [0.2, 0.25) is 15.9 Å². The van der Waals surface area contributed by atoms with Gasteiger partial charge in [-0.05, 0) is 55.8 Å². The summed E-state index contributed by atoms with van der Waals surface area (Å²) < 4.78 is 33.1. The van der Waals surface area contributed by atoms with Gasteiger partial charge in [-0.15, -0.1) is 0 Å². The van der Waals surface area contributed by atoms with Crippen molar-refractivity contribution in [2.75, 3.05) is 18.5 Å². The fraction of sp³-hybridized carbons (Fsp3) is 0.278. The summed E-state index contributed by atoms with van der Waals surface area (Å²) in [7, 11) is -3.67. The van der Waals surface area contributed by atoms with Crippen molar-refractivity contribution in [2.24, 2.45) is 0 Å². The van der Waals surface area contributed by atoms with Gasteiger partial charge >= 0.3 is 0 Å². The van der Waals surface area contributed by atoms with E-state index in [2.05, 4.69) is 26.0 Å². The van der Waals surface area contributed by atoms with E-state index >= 15 is 0 Å². The van der Waals surface area contributed by atoms with Gasteiger partial charge < -0.3 is 10.1 Å². The van der Waals surface area contributed by atoms with Gasteiger partial charge in [0, 0.05) is 23.1 Å². The number of ether oxygens (including phenoxy) is 1. The minimum atomic E-state index is -3.67. The van der Waals surface area contributed by atoms with Gasteiger partial charge in [-0.3, -0.25) is 4.79 Å². The highest BCUT2D eigenvalue weighted by atomic mass is 79.9. The summed E-state index contributed by atoms with van der Waals surface area (Å²) in [5.41, 5.74) is 1.62. The smallest absolute Gasteiger partial charge is 0.240 e. The second-order valence-corrected chi connectivity index (χ2v) is 8.24. The molecule has 0 saturated carbocycles. The van der Waals surface area contributed by atoms with Crippen molar-refractivity contribution in [3.8, 4) is 5.75 Å². The molecule has 26 heavy (non-hydrogen) atoms. The number of hydrogen-bond acceptors (Lipinski definition) is 4. The highest BCUT2D eigenvalue weighted by Gasteiger charge is 2.14. The Balaban J connectivity index is 1.89. The number of hydrogen-bond donors (Lipinski definition) is 2. The summed E-state index contributed by atoms with van der Waals surface area (Å²) >= 11 is 3.35. The van der Waals surface area contributed by atoms with Gasteiger partial charge in [0.05, 0.1) is 11.5 Å². The summed E-state index contributed by atoms with van der Waals surface area (Å²) in [4.78, 5) is 12.2. The van der Waals surface area contributed by atoms with Crippen molar-refractivity contribution < 1.29 is 17.9 Å². The van der Waals surface area contributed by atoms with Crippen LogP contribution in [0.25, 0.3) is 0 Å². The number of anilines is 1. The highest BCUT2D eigenvalue weighted by Crippen LogP contribution is 2.20. The van der Waals surface area contributed by atoms with E-state index in [4.69, 9.17) is 4.74 Å². The molecule has 0 aliphatic heterocycles. The van der Waals surface area contributed by atoms with Gasteiger partial charge in [-0.25, -0.2) is 13.1 Å². The molecular weight excluding hydrogens is 420 g/mol. The largest absolute Gasteiger partial charge is 0.494 e. The van der Waals surface area contributed by atoms with Crippen LogP contribution in [0, 0.1) is 6.92 Å². The number of benzene rings is 2. The quantitative estimate of drug-likeness (QED) is 0.657. The van der Waals surface area contributed by atoms with Gasteiger partial charge in [-0.2, -0.15) is 0 Å². The molecule has 0 aromatic heterocycles. The van der Waals surface area contributed by atoms with Crippen LogP contribution in [0.5, 0.6) is 5.75 Å². The molecule has 0 aliphatic rings. The van der Waals surface area contributed by atoms with Crippen molar-refractivity contribution in [3.63, 3.8) is 0 Å². The average molecular weight is 441 g/mol. The van der Waals surface area contributed by atoms with Crippen LogP contribution in [0.1, 0.15) is 18.9 Å². The molecule has 0 radical (unpaired) electrons. The van der Waals surface area contributed by atoms with Crippen molar-refractivity contribution in [1.82, 2.24) is 4.72 Å². The zero-order chi connectivity index (χ0) is 19.2. The van der Waals surface area contributed by atoms with Gasteiger partial charge in [-0.1, -0.05) is 22.0 Å². The summed E-state index contributed by atoms with van der Waals surface area (Å²) in [6.45, 7) is 4.26. The Morgan fingerprint density at radius 2 is 1.85 bits per heavy atom. The summed E-state index contributed by atoms with van der Waals surface area (Å²) in [6.07, 6.45) is 0.0300. The molecule has 0 atom stereocenters. The third kappa shape index (κ3) is 5.82. The Morgan fingerprint density at radius 1 is 1.15 bits per heavy atom. The van der Waals surface area contributed by atoms with E-state index in [0.29, 0.717) is 18.0 Å². The van der Waals surface area contributed by atoms with E-state index in [9.17, 15) is 13.2 Å². The molecule has 0 bridgehead atoms. The number of sulfonamides is 1. The van der Waals surface area contributed by atoms with Crippen LogP contribution in [-0.2, 0) is 14.8 Å². The van der Waals surface area contributed by atoms with E-state index < -0.39 is 10.0 Å². The number of nitrogens with one attached hydrogen (secondary N) is 2. The van der Waals surface area contributed by atoms with Crippen molar-refractivity contribution in [3.05, 3.63) is 52.5 Å². The normalized spacial score (nSPS) is 11.2. The van der Waals surface area contributed by atoms with E-state index in [-0.39, 0.29) is 23.8 Å². The number of aryl methyl sites for hydroxylation is 1. The molecule has 0 aliphatic carbocycles. The second-order valence-electron chi connectivity index (χ2n) is 5.56. The molecule has 2 rings (SSSR count). The Hall–Kier alpha value is -1.90. The lowest BCUT2D eigenvalue weighted by Crippen LogP contribution is -2.28. The lowest BCUT2D eigenvalue weighted by atomic mass is 10.2. The number of carbonyl (C=O) groups is 1. The van der Waals surface area contributed by atoms with Crippen LogP contribution in [0.15, 0.2) is 51.8 Å². The Morgan fingerprint density at radius 3 is 2.50 bits per heavy atom. The Bertz CT molecular complexity index is 867. The molecule has 0 saturated heterocycles. The van der Waals surface area contributed by atoms with Gasteiger partial charge in [0.1, 0.15) is 5.75 Å². The first-order valence-corrected chi connectivity index (χ1v) is 10.4. The minimum Gasteiger partial charge on any atom is -0.494 e. The maximum Gasteiger partial charge on any atom is 0.240 e. The topological polar surface area (TPSA) is 84.5 Å². The Kier molecular flexibility index (Phi) is 7.19. The zero-order valence-electron chi connectivity index (χ0n) is 14.6. The summed E-state index contributed by atoms with van der Waals surface area (Å²) in [5, 5.41) is 2.78. The van der Waals surface area contributed by atoms with Crippen LogP contribution in [-0.4, -0.2) is 27.5 Å². The average Bonchev–Trinajstić information content (AvgIpc) is 2.59. The second kappa shape index (κ2) is 9.16. The first-order chi connectivity index (χ1) is 12.3. The van der Waals surface area contributed by atoms with Crippen molar-refractivity contribution in [1.29, 1.82) is 0 Å². The standard InChI is InChI=1S/C18H21BrN2O4S/c1-3-25-15-6-8-16(9-7-15)26(23,24)20-11-10-18(22)21-17-12-14(19)5-4-13(17)2/h4-9,12,20H,3,10-11H2,1-2H3,(H,21,22). The zero-order valence-corrected chi connectivity index (χ0v) is 17.0. The van der Waals surface area contributed by atoms with E-state index in [0.717, 1.165) is 10.0 Å². The maximum atomic E-state index is 12.3. The van der Waals surface area contributed by atoms with Crippen LogP contribution >= 0.6 is 15.9 Å². The third-order valence-electron chi connectivity index (χ3n) is 3.56. The molecule has 2 N–H and O–H groups in total. The SMILES string of the molecule is CCOc1ccc(S(=O)(=O)NCCC(=O)Nc2cc(Br)ccc2C)cc1. The van der Waals surface area contributed by atoms with Crippen LogP contribution in [0.4, 0.5) is 5.69 Å². The van der Waals surface area contributed by atoms with Crippen LogP contribution in [0.2, 0.25) is 0 Å². The van der Waals surface area contributed by atoms with Gasteiger partial charge in [0.15, 0.2) is 0 Å². The van der Waals surface area contributed by atoms with Crippen molar-refractivity contribution in [2.45, 2.75) is 25.2 Å². The predicted octanol–water partition coefficient (Wildman–Crippen LogP) is 3.46. The number of carbonyl (C=O) groups excluding carboxylic acids is 1. The van der Waals surface area contributed by atoms with Crippen LogP contribution < -0.4 is 14.8 Å². The first kappa shape index (κ1) is 20.4. The third-order valence-corrected chi connectivity index (χ3v) is 5.53. The van der Waals surface area contributed by atoms with Gasteiger partial charge in [0.25, 0.3) is 0 Å². The molecule has 0 unspecified atom stereocenters. The molecule has 140 valence electrons. The fourth-order valence-electron chi connectivity index (χ4n) is 2.21. The molecule has 2 aromatic rings. The molecule has 8 heteroatoms. The molecule has 0 spiro atoms. The lowest BCUT2D eigenvalue weighted by Gasteiger charge is -2.10. The molecule has 0 heterocycles. The first-order valence-electron chi connectivity index (χ1n) is 8.10. The monoisotopic (exact) mass is 440 g/mol. The molecule has 0 fully saturated rings.